The van der Waals surface area contributed by atoms with Crippen LogP contribution < -0.4 is 15.9 Å². The maximum atomic E-state index is 12.3. The van der Waals surface area contributed by atoms with Gasteiger partial charge in [-0.1, -0.05) is 13.8 Å². The average molecular weight is 693 g/mol. The molecule has 2 heterocycles. The second-order valence-electron chi connectivity index (χ2n) is 7.22. The summed E-state index contributed by atoms with van der Waals surface area (Å²) in [6.45, 7) is 5.25. The highest BCUT2D eigenvalue weighted by molar-refractivity contribution is 14.1. The van der Waals surface area contributed by atoms with Gasteiger partial charge in [-0.25, -0.2) is 4.98 Å². The van der Waals surface area contributed by atoms with Crippen LogP contribution in [-0.2, 0) is 13.1 Å². The molecule has 0 bridgehead atoms. The first-order valence-electron chi connectivity index (χ1n) is 10.4. The highest BCUT2D eigenvalue weighted by atomic mass is 127. The number of benzene rings is 2. The van der Waals surface area contributed by atoms with Crippen molar-refractivity contribution in [1.29, 1.82) is 0 Å². The molecule has 0 amide bonds. The second-order valence-corrected chi connectivity index (χ2v) is 10.0. The van der Waals surface area contributed by atoms with Crippen LogP contribution in [0.3, 0.4) is 0 Å². The second kappa shape index (κ2) is 11.6. The molecular weight excluding hydrogens is 670 g/mol. The zero-order chi connectivity index (χ0) is 24.1. The standard InChI is InChI=1S/C12H13IN2O2.C11H10ClIN2O/c1-3-6-15-11(16)9-7-8(13)4-5-10(9)14-12(15)17-2;1-2-5-15-10(16)8-6-7(13)3-4-9(8)14-11(15)12/h4-5,7H,3,6H2,1-2H3;3-4,6H,2,5H2,1H3. The van der Waals surface area contributed by atoms with Gasteiger partial charge in [0, 0.05) is 20.2 Å². The van der Waals surface area contributed by atoms with E-state index in [0.717, 1.165) is 20.0 Å². The van der Waals surface area contributed by atoms with E-state index in [4.69, 9.17) is 16.3 Å². The molecule has 0 radical (unpaired) electrons. The van der Waals surface area contributed by atoms with Crippen LogP contribution in [0.25, 0.3) is 21.8 Å². The first kappa shape index (κ1) is 25.9. The average Bonchev–Trinajstić information content (AvgIpc) is 2.80. The molecular formula is C23H23ClI2N4O3. The molecule has 0 aliphatic rings. The molecule has 0 spiro atoms. The van der Waals surface area contributed by atoms with Crippen LogP contribution in [0, 0.1) is 7.14 Å². The number of rotatable bonds is 5. The molecule has 0 saturated carbocycles. The monoisotopic (exact) mass is 692 g/mol. The van der Waals surface area contributed by atoms with Crippen LogP contribution in [0.2, 0.25) is 5.28 Å². The van der Waals surface area contributed by atoms with E-state index in [0.29, 0.717) is 40.9 Å². The molecule has 7 nitrogen and oxygen atoms in total. The van der Waals surface area contributed by atoms with Crippen LogP contribution >= 0.6 is 56.8 Å². The Morgan fingerprint density at radius 1 is 0.848 bits per heavy atom. The highest BCUT2D eigenvalue weighted by Gasteiger charge is 2.11. The van der Waals surface area contributed by atoms with Crippen molar-refractivity contribution in [3.05, 3.63) is 69.5 Å². The first-order chi connectivity index (χ1) is 15.8. The molecule has 10 heteroatoms. The van der Waals surface area contributed by atoms with E-state index in [1.165, 1.54) is 11.7 Å². The van der Waals surface area contributed by atoms with E-state index in [1.807, 2.05) is 50.2 Å². The molecule has 0 unspecified atom stereocenters. The fourth-order valence-corrected chi connectivity index (χ4v) is 4.57. The molecule has 0 saturated heterocycles. The molecule has 4 rings (SSSR count). The number of fused-ring (bicyclic) bond motifs is 2. The van der Waals surface area contributed by atoms with Crippen molar-refractivity contribution in [3.63, 3.8) is 0 Å². The number of hydrogen-bond donors (Lipinski definition) is 0. The Morgan fingerprint density at radius 3 is 1.85 bits per heavy atom. The van der Waals surface area contributed by atoms with E-state index >= 15 is 0 Å². The number of nitrogens with zero attached hydrogens (tertiary/aromatic N) is 4. The lowest BCUT2D eigenvalue weighted by atomic mass is 10.2. The van der Waals surface area contributed by atoms with Crippen LogP contribution in [0.5, 0.6) is 6.01 Å². The molecule has 2 aromatic heterocycles. The molecule has 4 aromatic rings. The van der Waals surface area contributed by atoms with Gasteiger partial charge in [-0.3, -0.25) is 18.7 Å². The van der Waals surface area contributed by atoms with Crippen molar-refractivity contribution in [3.8, 4) is 6.01 Å². The van der Waals surface area contributed by atoms with Crippen LogP contribution in [0.1, 0.15) is 26.7 Å². The zero-order valence-electron chi connectivity index (χ0n) is 18.4. The van der Waals surface area contributed by atoms with Crippen molar-refractivity contribution in [1.82, 2.24) is 19.1 Å². The first-order valence-corrected chi connectivity index (χ1v) is 12.9. The van der Waals surface area contributed by atoms with Gasteiger partial charge in [-0.15, -0.1) is 0 Å². The number of hydrogen-bond acceptors (Lipinski definition) is 5. The minimum Gasteiger partial charge on any atom is -0.468 e. The van der Waals surface area contributed by atoms with Gasteiger partial charge < -0.3 is 4.74 Å². The Hall–Kier alpha value is -1.73. The summed E-state index contributed by atoms with van der Waals surface area (Å²) in [6, 6.07) is 11.6. The summed E-state index contributed by atoms with van der Waals surface area (Å²) in [5.41, 5.74) is 1.24. The predicted octanol–water partition coefficient (Wildman–Crippen LogP) is 5.48. The third kappa shape index (κ3) is 5.86. The van der Waals surface area contributed by atoms with E-state index in [-0.39, 0.29) is 16.4 Å². The number of methoxy groups -OCH3 is 1. The van der Waals surface area contributed by atoms with Crippen molar-refractivity contribution >= 4 is 78.6 Å². The van der Waals surface area contributed by atoms with Gasteiger partial charge in [0.2, 0.25) is 5.28 Å². The predicted molar refractivity (Wildman–Crippen MR) is 150 cm³/mol. The molecule has 2 aromatic carbocycles. The summed E-state index contributed by atoms with van der Waals surface area (Å²) in [4.78, 5) is 33.0. The van der Waals surface area contributed by atoms with E-state index in [1.54, 1.807) is 4.57 Å². The molecule has 174 valence electrons. The largest absolute Gasteiger partial charge is 0.468 e. The van der Waals surface area contributed by atoms with Gasteiger partial charge in [0.25, 0.3) is 17.1 Å². The van der Waals surface area contributed by atoms with Crippen LogP contribution in [-0.4, -0.2) is 26.2 Å². The van der Waals surface area contributed by atoms with Gasteiger partial charge >= 0.3 is 0 Å². The lowest BCUT2D eigenvalue weighted by Gasteiger charge is -2.10. The smallest absolute Gasteiger partial charge is 0.299 e. The van der Waals surface area contributed by atoms with Crippen molar-refractivity contribution in [2.45, 2.75) is 39.8 Å². The fraction of sp³-hybridized carbons (Fsp3) is 0.304. The Bertz CT molecular complexity index is 1420. The molecule has 0 fully saturated rings. The Morgan fingerprint density at radius 2 is 1.33 bits per heavy atom. The quantitative estimate of drug-likeness (QED) is 0.205. The zero-order valence-corrected chi connectivity index (χ0v) is 23.5. The van der Waals surface area contributed by atoms with Crippen molar-refractivity contribution < 1.29 is 4.74 Å². The third-order valence-electron chi connectivity index (χ3n) is 4.83. The minimum absolute atomic E-state index is 0.0350. The van der Waals surface area contributed by atoms with E-state index in [9.17, 15) is 9.59 Å². The van der Waals surface area contributed by atoms with Crippen molar-refractivity contribution in [2.24, 2.45) is 0 Å². The normalized spacial score (nSPS) is 10.8. The topological polar surface area (TPSA) is 79.0 Å². The lowest BCUT2D eigenvalue weighted by molar-refractivity contribution is 0.347. The third-order valence-corrected chi connectivity index (χ3v) is 6.46. The fourth-order valence-electron chi connectivity index (χ4n) is 3.33. The molecule has 0 N–H and O–H groups in total. The molecule has 0 atom stereocenters. The summed E-state index contributed by atoms with van der Waals surface area (Å²) in [6.07, 6.45) is 1.73. The van der Waals surface area contributed by atoms with Crippen molar-refractivity contribution in [2.75, 3.05) is 7.11 Å². The summed E-state index contributed by atoms with van der Waals surface area (Å²) in [7, 11) is 1.53. The van der Waals surface area contributed by atoms with Gasteiger partial charge in [0.1, 0.15) is 0 Å². The molecule has 0 aliphatic heterocycles. The Balaban J connectivity index is 0.000000186. The number of ether oxygens (including phenoxy) is 1. The minimum atomic E-state index is -0.0598. The number of aromatic nitrogens is 4. The summed E-state index contributed by atoms with van der Waals surface area (Å²) in [5, 5.41) is 1.54. The summed E-state index contributed by atoms with van der Waals surface area (Å²) >= 11 is 10.3. The van der Waals surface area contributed by atoms with Gasteiger partial charge in [-0.05, 0) is 106 Å². The van der Waals surface area contributed by atoms with Gasteiger partial charge in [-0.2, -0.15) is 4.98 Å². The lowest BCUT2D eigenvalue weighted by Crippen LogP contribution is -2.23. The molecule has 33 heavy (non-hydrogen) atoms. The van der Waals surface area contributed by atoms with Crippen LogP contribution in [0.4, 0.5) is 0 Å². The maximum absolute atomic E-state index is 12.3. The maximum Gasteiger partial charge on any atom is 0.299 e. The van der Waals surface area contributed by atoms with Gasteiger partial charge in [0.05, 0.1) is 28.9 Å². The molecule has 0 aliphatic carbocycles. The summed E-state index contributed by atoms with van der Waals surface area (Å²) in [5.74, 6) is 0. The van der Waals surface area contributed by atoms with E-state index in [2.05, 4.69) is 55.1 Å². The Kier molecular flexibility index (Phi) is 9.10. The highest BCUT2D eigenvalue weighted by Crippen LogP contribution is 2.17. The van der Waals surface area contributed by atoms with Crippen LogP contribution in [0.15, 0.2) is 46.0 Å². The van der Waals surface area contributed by atoms with E-state index < -0.39 is 0 Å². The number of halogens is 3. The summed E-state index contributed by atoms with van der Waals surface area (Å²) < 4.78 is 10.3. The SMILES string of the molecule is CCCn1c(Cl)nc2ccc(I)cc2c1=O.CCCn1c(OC)nc2ccc(I)cc2c1=O. The Labute approximate surface area is 223 Å². The van der Waals surface area contributed by atoms with Gasteiger partial charge in [0.15, 0.2) is 0 Å².